The summed E-state index contributed by atoms with van der Waals surface area (Å²) in [6.07, 6.45) is 0. The summed E-state index contributed by atoms with van der Waals surface area (Å²) >= 11 is 0. The molecule has 0 atom stereocenters. The van der Waals surface area contributed by atoms with Crippen LogP contribution in [0.2, 0.25) is 0 Å². The highest BCUT2D eigenvalue weighted by Crippen LogP contribution is 2.10. The van der Waals surface area contributed by atoms with Crippen molar-refractivity contribution >= 4 is 7.32 Å². The lowest BCUT2D eigenvalue weighted by molar-refractivity contribution is -0.296. The van der Waals surface area contributed by atoms with Crippen LogP contribution in [0.1, 0.15) is 20.8 Å². The van der Waals surface area contributed by atoms with E-state index in [1.165, 1.54) is 0 Å². The van der Waals surface area contributed by atoms with E-state index in [0.29, 0.717) is 13.2 Å². The molecular formula is C6H13BO4. The third-order valence-electron chi connectivity index (χ3n) is 0.968. The molecule has 1 heterocycles. The minimum Gasteiger partial charge on any atom is -0.382 e. The third-order valence-corrected chi connectivity index (χ3v) is 0.968. The van der Waals surface area contributed by atoms with Crippen LogP contribution >= 0.6 is 0 Å². The second-order valence-corrected chi connectivity index (χ2v) is 3.32. The molecule has 0 radical (unpaired) electrons. The highest BCUT2D eigenvalue weighted by molar-refractivity contribution is 6.36. The Morgan fingerprint density at radius 1 is 1.18 bits per heavy atom. The summed E-state index contributed by atoms with van der Waals surface area (Å²) in [6.45, 7) is 6.81. The average molecular weight is 160 g/mol. The zero-order chi connectivity index (χ0) is 8.32. The molecule has 1 aliphatic heterocycles. The Labute approximate surface area is 66.9 Å². The second kappa shape index (κ2) is 3.54. The van der Waals surface area contributed by atoms with Gasteiger partial charge in [0.05, 0.1) is 18.8 Å². The van der Waals surface area contributed by atoms with Crippen LogP contribution in [-0.2, 0) is 19.0 Å². The summed E-state index contributed by atoms with van der Waals surface area (Å²) in [4.78, 5) is 9.79. The minimum absolute atomic E-state index is 0.324. The number of hydrogen-bond donors (Lipinski definition) is 0. The van der Waals surface area contributed by atoms with Crippen molar-refractivity contribution < 1.29 is 19.0 Å². The van der Waals surface area contributed by atoms with Gasteiger partial charge in [-0.15, -0.1) is 0 Å². The molecule has 0 aromatic carbocycles. The first-order valence-corrected chi connectivity index (χ1v) is 3.66. The normalized spacial score (nSPS) is 19.4. The van der Waals surface area contributed by atoms with Crippen molar-refractivity contribution in [1.82, 2.24) is 0 Å². The maximum absolute atomic E-state index is 4.98. The predicted octanol–water partition coefficient (Wildman–Crippen LogP) is 0.765. The van der Waals surface area contributed by atoms with Crippen LogP contribution in [0.15, 0.2) is 0 Å². The van der Waals surface area contributed by atoms with Crippen LogP contribution in [0, 0.1) is 0 Å². The average Bonchev–Trinajstić information content (AvgIpc) is 2.32. The lowest BCUT2D eigenvalue weighted by Gasteiger charge is -2.17. The largest absolute Gasteiger partial charge is 0.668 e. The van der Waals surface area contributed by atoms with Crippen molar-refractivity contribution in [3.63, 3.8) is 0 Å². The van der Waals surface area contributed by atoms with Gasteiger partial charge in [-0.05, 0) is 20.8 Å². The molecule has 0 bridgehead atoms. The molecule has 1 saturated heterocycles. The Kier molecular flexibility index (Phi) is 2.89. The standard InChI is InChI=1S/C6H13BO4/c1-6(2,3)10-11-7-8-4-5-9-7/h4-5H2,1-3H3. The molecule has 0 saturated carbocycles. The molecule has 11 heavy (non-hydrogen) atoms. The van der Waals surface area contributed by atoms with Gasteiger partial charge >= 0.3 is 7.32 Å². The van der Waals surface area contributed by atoms with Crippen molar-refractivity contribution in [1.29, 1.82) is 0 Å². The van der Waals surface area contributed by atoms with Gasteiger partial charge in [0.2, 0.25) is 0 Å². The van der Waals surface area contributed by atoms with Gasteiger partial charge in [-0.1, -0.05) is 0 Å². The van der Waals surface area contributed by atoms with Gasteiger partial charge in [-0.3, -0.25) is 0 Å². The van der Waals surface area contributed by atoms with Crippen LogP contribution in [0.3, 0.4) is 0 Å². The molecule has 0 N–H and O–H groups in total. The van der Waals surface area contributed by atoms with E-state index in [1.807, 2.05) is 20.8 Å². The van der Waals surface area contributed by atoms with E-state index in [9.17, 15) is 0 Å². The summed E-state index contributed by atoms with van der Waals surface area (Å²) < 4.78 is 9.96. The molecule has 1 fully saturated rings. The van der Waals surface area contributed by atoms with Gasteiger partial charge in [0.1, 0.15) is 0 Å². The van der Waals surface area contributed by atoms with E-state index in [1.54, 1.807) is 0 Å². The Hall–Kier alpha value is -0.0951. The van der Waals surface area contributed by atoms with Crippen molar-refractivity contribution in [3.05, 3.63) is 0 Å². The molecule has 0 aromatic heterocycles. The monoisotopic (exact) mass is 160 g/mol. The van der Waals surface area contributed by atoms with Crippen molar-refractivity contribution in [2.45, 2.75) is 26.4 Å². The van der Waals surface area contributed by atoms with Gasteiger partial charge in [0, 0.05) is 0 Å². The fourth-order valence-corrected chi connectivity index (χ4v) is 0.576. The molecule has 64 valence electrons. The molecule has 4 nitrogen and oxygen atoms in total. The van der Waals surface area contributed by atoms with Gasteiger partial charge in [0.15, 0.2) is 0 Å². The van der Waals surface area contributed by atoms with Gasteiger partial charge in [0.25, 0.3) is 0 Å². The molecule has 1 rings (SSSR count). The van der Waals surface area contributed by atoms with E-state index in [0.717, 1.165) is 0 Å². The predicted molar refractivity (Wildman–Crippen MR) is 39.6 cm³/mol. The summed E-state index contributed by atoms with van der Waals surface area (Å²) in [5.41, 5.74) is -0.324. The van der Waals surface area contributed by atoms with Crippen molar-refractivity contribution in [2.75, 3.05) is 13.2 Å². The van der Waals surface area contributed by atoms with Gasteiger partial charge < -0.3 is 9.31 Å². The van der Waals surface area contributed by atoms with Crippen LogP contribution in [-0.4, -0.2) is 26.1 Å². The Bertz CT molecular complexity index is 116. The summed E-state index contributed by atoms with van der Waals surface area (Å²) in [6, 6.07) is 0. The van der Waals surface area contributed by atoms with E-state index >= 15 is 0 Å². The fraction of sp³-hybridized carbons (Fsp3) is 1.00. The van der Waals surface area contributed by atoms with Crippen LogP contribution < -0.4 is 0 Å². The lowest BCUT2D eigenvalue weighted by Crippen LogP contribution is -2.27. The molecule has 0 aliphatic carbocycles. The second-order valence-electron chi connectivity index (χ2n) is 3.32. The zero-order valence-electron chi connectivity index (χ0n) is 7.12. The maximum atomic E-state index is 4.98. The van der Waals surface area contributed by atoms with E-state index in [4.69, 9.17) is 19.0 Å². The summed E-state index contributed by atoms with van der Waals surface area (Å²) in [5, 5.41) is 0. The Morgan fingerprint density at radius 2 is 1.73 bits per heavy atom. The quantitative estimate of drug-likeness (QED) is 0.339. The first-order valence-electron chi connectivity index (χ1n) is 3.66. The van der Waals surface area contributed by atoms with Gasteiger partial charge in [-0.2, -0.15) is 0 Å². The van der Waals surface area contributed by atoms with E-state index in [2.05, 4.69) is 0 Å². The van der Waals surface area contributed by atoms with Gasteiger partial charge in [-0.25, -0.2) is 9.69 Å². The highest BCUT2D eigenvalue weighted by atomic mass is 17.2. The van der Waals surface area contributed by atoms with E-state index in [-0.39, 0.29) is 5.60 Å². The number of hydrogen-bond acceptors (Lipinski definition) is 4. The smallest absolute Gasteiger partial charge is 0.382 e. The first-order chi connectivity index (χ1) is 5.08. The fourth-order valence-electron chi connectivity index (χ4n) is 0.576. The minimum atomic E-state index is -0.644. The first kappa shape index (κ1) is 9.00. The van der Waals surface area contributed by atoms with E-state index < -0.39 is 7.32 Å². The molecule has 0 unspecified atom stereocenters. The summed E-state index contributed by atoms with van der Waals surface area (Å²) in [5.74, 6) is 0. The van der Waals surface area contributed by atoms with Crippen molar-refractivity contribution in [2.24, 2.45) is 0 Å². The van der Waals surface area contributed by atoms with Crippen LogP contribution in [0.5, 0.6) is 0 Å². The lowest BCUT2D eigenvalue weighted by atomic mass is 10.2. The molecule has 0 spiro atoms. The summed E-state index contributed by atoms with van der Waals surface area (Å²) in [7, 11) is -0.644. The topological polar surface area (TPSA) is 36.9 Å². The third kappa shape index (κ3) is 3.72. The Morgan fingerprint density at radius 3 is 2.18 bits per heavy atom. The van der Waals surface area contributed by atoms with Crippen LogP contribution in [0.4, 0.5) is 0 Å². The number of rotatable bonds is 2. The zero-order valence-corrected chi connectivity index (χ0v) is 7.12. The maximum Gasteiger partial charge on any atom is 0.668 e. The SMILES string of the molecule is CC(C)(C)OOB1OCCO1. The molecule has 0 aromatic rings. The van der Waals surface area contributed by atoms with Crippen molar-refractivity contribution in [3.8, 4) is 0 Å². The highest BCUT2D eigenvalue weighted by Gasteiger charge is 2.30. The molecular weight excluding hydrogens is 147 g/mol. The molecule has 1 aliphatic rings. The van der Waals surface area contributed by atoms with Crippen LogP contribution in [0.25, 0.3) is 0 Å². The molecule has 5 heteroatoms. The molecule has 0 amide bonds. The Balaban J connectivity index is 2.11.